The maximum absolute atomic E-state index is 11.5. The van der Waals surface area contributed by atoms with E-state index in [0.29, 0.717) is 13.0 Å². The molecular formula is C15H24N2O2. The summed E-state index contributed by atoms with van der Waals surface area (Å²) in [7, 11) is 1.68. The summed E-state index contributed by atoms with van der Waals surface area (Å²) in [5.74, 6) is 0.946. The molecule has 1 aromatic carbocycles. The van der Waals surface area contributed by atoms with Crippen LogP contribution in [0.5, 0.6) is 5.75 Å². The van der Waals surface area contributed by atoms with E-state index in [1.165, 1.54) is 5.56 Å². The molecule has 0 spiro atoms. The summed E-state index contributed by atoms with van der Waals surface area (Å²) >= 11 is 0. The number of rotatable bonds is 6. The van der Waals surface area contributed by atoms with Crippen molar-refractivity contribution in [2.24, 2.45) is 5.73 Å². The lowest BCUT2D eigenvalue weighted by Crippen LogP contribution is -2.31. The highest BCUT2D eigenvalue weighted by Gasteiger charge is 2.07. The quantitative estimate of drug-likeness (QED) is 0.822. The van der Waals surface area contributed by atoms with Crippen LogP contribution in [0.4, 0.5) is 0 Å². The van der Waals surface area contributed by atoms with Gasteiger partial charge in [0, 0.05) is 19.0 Å². The van der Waals surface area contributed by atoms with Crippen LogP contribution in [0.1, 0.15) is 30.0 Å². The molecule has 3 N–H and O–H groups in total. The monoisotopic (exact) mass is 264 g/mol. The lowest BCUT2D eigenvalue weighted by Gasteiger charge is -2.12. The number of benzene rings is 1. The largest absolute Gasteiger partial charge is 0.496 e. The Morgan fingerprint density at radius 3 is 2.42 bits per heavy atom. The number of nitrogens with two attached hydrogens (primary N) is 1. The van der Waals surface area contributed by atoms with Crippen LogP contribution in [0.15, 0.2) is 12.1 Å². The Morgan fingerprint density at radius 2 is 1.95 bits per heavy atom. The number of nitrogens with one attached hydrogen (secondary N) is 1. The molecule has 1 unspecified atom stereocenters. The maximum atomic E-state index is 11.5. The maximum Gasteiger partial charge on any atom is 0.221 e. The second-order valence-electron chi connectivity index (χ2n) is 5.04. The van der Waals surface area contributed by atoms with E-state index in [-0.39, 0.29) is 11.9 Å². The SMILES string of the molecule is COc1c(C)cc(CCNC(=O)CC(C)N)cc1C. The third-order valence-corrected chi connectivity index (χ3v) is 2.97. The van der Waals surface area contributed by atoms with E-state index in [9.17, 15) is 4.79 Å². The zero-order valence-corrected chi connectivity index (χ0v) is 12.2. The molecule has 0 saturated heterocycles. The topological polar surface area (TPSA) is 64.3 Å². The van der Waals surface area contributed by atoms with Gasteiger partial charge < -0.3 is 15.8 Å². The Labute approximate surface area is 115 Å². The first-order valence-electron chi connectivity index (χ1n) is 6.60. The molecule has 19 heavy (non-hydrogen) atoms. The first-order chi connectivity index (χ1) is 8.93. The molecule has 1 aromatic rings. The molecule has 0 heterocycles. The molecule has 1 atom stereocenters. The molecule has 0 aliphatic carbocycles. The Morgan fingerprint density at radius 1 is 1.37 bits per heavy atom. The number of hydrogen-bond acceptors (Lipinski definition) is 3. The first kappa shape index (κ1) is 15.5. The number of hydrogen-bond donors (Lipinski definition) is 2. The van der Waals surface area contributed by atoms with Crippen molar-refractivity contribution in [3.05, 3.63) is 28.8 Å². The van der Waals surface area contributed by atoms with Crippen LogP contribution in [0.25, 0.3) is 0 Å². The highest BCUT2D eigenvalue weighted by atomic mass is 16.5. The fraction of sp³-hybridized carbons (Fsp3) is 0.533. The molecule has 0 bridgehead atoms. The predicted octanol–water partition coefficient (Wildman–Crippen LogP) is 1.71. The third-order valence-electron chi connectivity index (χ3n) is 2.97. The summed E-state index contributed by atoms with van der Waals surface area (Å²) in [6.07, 6.45) is 1.19. The van der Waals surface area contributed by atoms with Crippen LogP contribution in [0, 0.1) is 13.8 Å². The molecule has 0 fully saturated rings. The summed E-state index contributed by atoms with van der Waals surface area (Å²) in [5.41, 5.74) is 9.03. The van der Waals surface area contributed by atoms with Crippen molar-refractivity contribution in [1.82, 2.24) is 5.32 Å². The van der Waals surface area contributed by atoms with Crippen molar-refractivity contribution in [1.29, 1.82) is 0 Å². The van der Waals surface area contributed by atoms with E-state index < -0.39 is 0 Å². The molecule has 1 amide bonds. The molecule has 0 aliphatic rings. The van der Waals surface area contributed by atoms with Gasteiger partial charge >= 0.3 is 0 Å². The average molecular weight is 264 g/mol. The Bertz CT molecular complexity index is 419. The predicted molar refractivity (Wildman–Crippen MR) is 77.4 cm³/mol. The van der Waals surface area contributed by atoms with Crippen LogP contribution in [0.3, 0.4) is 0 Å². The molecule has 0 saturated carbocycles. The average Bonchev–Trinajstić information content (AvgIpc) is 2.27. The van der Waals surface area contributed by atoms with E-state index in [2.05, 4.69) is 17.4 Å². The van der Waals surface area contributed by atoms with Crippen molar-refractivity contribution in [2.45, 2.75) is 39.7 Å². The van der Waals surface area contributed by atoms with Crippen LogP contribution in [0.2, 0.25) is 0 Å². The van der Waals surface area contributed by atoms with Gasteiger partial charge in [0.15, 0.2) is 0 Å². The molecule has 4 nitrogen and oxygen atoms in total. The molecule has 0 aliphatic heterocycles. The van der Waals surface area contributed by atoms with Gasteiger partial charge in [-0.3, -0.25) is 4.79 Å². The van der Waals surface area contributed by atoms with Gasteiger partial charge in [-0.1, -0.05) is 12.1 Å². The molecule has 1 rings (SSSR count). The summed E-state index contributed by atoms with van der Waals surface area (Å²) in [4.78, 5) is 11.5. The number of aryl methyl sites for hydroxylation is 2. The molecule has 106 valence electrons. The van der Waals surface area contributed by atoms with Gasteiger partial charge in [-0.05, 0) is 43.9 Å². The lowest BCUT2D eigenvalue weighted by molar-refractivity contribution is -0.121. The highest BCUT2D eigenvalue weighted by molar-refractivity contribution is 5.76. The summed E-state index contributed by atoms with van der Waals surface area (Å²) < 4.78 is 5.33. The zero-order valence-electron chi connectivity index (χ0n) is 12.2. The van der Waals surface area contributed by atoms with Gasteiger partial charge in [-0.15, -0.1) is 0 Å². The number of ether oxygens (including phenoxy) is 1. The second-order valence-corrected chi connectivity index (χ2v) is 5.04. The Kier molecular flexibility index (Phi) is 5.83. The second kappa shape index (κ2) is 7.14. The Hall–Kier alpha value is -1.55. The fourth-order valence-electron chi connectivity index (χ4n) is 2.22. The number of amides is 1. The van der Waals surface area contributed by atoms with E-state index in [0.717, 1.165) is 23.3 Å². The van der Waals surface area contributed by atoms with Crippen molar-refractivity contribution < 1.29 is 9.53 Å². The molecule has 0 aromatic heterocycles. The zero-order chi connectivity index (χ0) is 14.4. The summed E-state index contributed by atoms with van der Waals surface area (Å²) in [6, 6.07) is 4.11. The highest BCUT2D eigenvalue weighted by Crippen LogP contribution is 2.24. The first-order valence-corrected chi connectivity index (χ1v) is 6.60. The number of carbonyl (C=O) groups is 1. The minimum Gasteiger partial charge on any atom is -0.496 e. The lowest BCUT2D eigenvalue weighted by atomic mass is 10.0. The number of carbonyl (C=O) groups excluding carboxylic acids is 1. The summed E-state index contributed by atoms with van der Waals surface area (Å²) in [6.45, 7) is 6.53. The van der Waals surface area contributed by atoms with Crippen molar-refractivity contribution in [3.63, 3.8) is 0 Å². The molecular weight excluding hydrogens is 240 g/mol. The van der Waals surface area contributed by atoms with E-state index in [4.69, 9.17) is 10.5 Å². The van der Waals surface area contributed by atoms with E-state index in [1.807, 2.05) is 20.8 Å². The van der Waals surface area contributed by atoms with Crippen LogP contribution in [-0.2, 0) is 11.2 Å². The van der Waals surface area contributed by atoms with Crippen molar-refractivity contribution in [2.75, 3.05) is 13.7 Å². The van der Waals surface area contributed by atoms with Gasteiger partial charge in [-0.2, -0.15) is 0 Å². The van der Waals surface area contributed by atoms with Gasteiger partial charge in [0.05, 0.1) is 7.11 Å². The van der Waals surface area contributed by atoms with Crippen molar-refractivity contribution in [3.8, 4) is 5.75 Å². The smallest absolute Gasteiger partial charge is 0.221 e. The fourth-order valence-corrected chi connectivity index (χ4v) is 2.22. The summed E-state index contributed by atoms with van der Waals surface area (Å²) in [5, 5.41) is 2.88. The van der Waals surface area contributed by atoms with Gasteiger partial charge in [0.25, 0.3) is 0 Å². The van der Waals surface area contributed by atoms with Crippen molar-refractivity contribution >= 4 is 5.91 Å². The van der Waals surface area contributed by atoms with E-state index >= 15 is 0 Å². The van der Waals surface area contributed by atoms with Crippen LogP contribution in [-0.4, -0.2) is 25.6 Å². The minimum atomic E-state index is -0.0922. The van der Waals surface area contributed by atoms with Gasteiger partial charge in [0.1, 0.15) is 5.75 Å². The Balaban J connectivity index is 2.53. The minimum absolute atomic E-state index is 0.0111. The standard InChI is InChI=1S/C15H24N2O2/c1-10-7-13(8-11(2)15(10)19-4)5-6-17-14(18)9-12(3)16/h7-8,12H,5-6,9,16H2,1-4H3,(H,17,18). The van der Waals surface area contributed by atoms with Crippen LogP contribution < -0.4 is 15.8 Å². The van der Waals surface area contributed by atoms with Gasteiger partial charge in [-0.25, -0.2) is 0 Å². The normalized spacial score (nSPS) is 12.1. The van der Waals surface area contributed by atoms with E-state index in [1.54, 1.807) is 7.11 Å². The van der Waals surface area contributed by atoms with Crippen LogP contribution >= 0.6 is 0 Å². The van der Waals surface area contributed by atoms with Gasteiger partial charge in [0.2, 0.25) is 5.91 Å². The molecule has 4 heteroatoms. The third kappa shape index (κ3) is 4.91. The molecule has 0 radical (unpaired) electrons. The number of methoxy groups -OCH3 is 1.